The van der Waals surface area contributed by atoms with Crippen LogP contribution in [0.15, 0.2) is 0 Å². The highest BCUT2D eigenvalue weighted by molar-refractivity contribution is 5.07. The van der Waals surface area contributed by atoms with Crippen molar-refractivity contribution in [1.29, 1.82) is 0 Å². The Morgan fingerprint density at radius 2 is 1.83 bits per heavy atom. The smallest absolute Gasteiger partial charge is 0.0704 e. The highest BCUT2D eigenvalue weighted by Crippen LogP contribution is 2.52. The van der Waals surface area contributed by atoms with Crippen molar-refractivity contribution in [3.8, 4) is 0 Å². The fourth-order valence-corrected chi connectivity index (χ4v) is 3.84. The SMILES string of the molecule is CCOCCOC1CC(NC)C12CCCCCC2. The van der Waals surface area contributed by atoms with Crippen LogP contribution < -0.4 is 5.32 Å². The second kappa shape index (κ2) is 6.88. The number of nitrogens with one attached hydrogen (secondary N) is 1. The summed E-state index contributed by atoms with van der Waals surface area (Å²) in [5.41, 5.74) is 0.428. The molecule has 2 fully saturated rings. The number of rotatable bonds is 6. The highest BCUT2D eigenvalue weighted by atomic mass is 16.5. The van der Waals surface area contributed by atoms with E-state index in [1.54, 1.807) is 0 Å². The number of hydrogen-bond acceptors (Lipinski definition) is 3. The van der Waals surface area contributed by atoms with Gasteiger partial charge in [0.25, 0.3) is 0 Å². The molecule has 0 aromatic carbocycles. The quantitative estimate of drug-likeness (QED) is 0.740. The Hall–Kier alpha value is -0.120. The summed E-state index contributed by atoms with van der Waals surface area (Å²) in [6.45, 7) is 4.33. The molecule has 2 rings (SSSR count). The summed E-state index contributed by atoms with van der Waals surface area (Å²) in [5, 5.41) is 3.51. The van der Waals surface area contributed by atoms with Crippen LogP contribution in [0.1, 0.15) is 51.9 Å². The van der Waals surface area contributed by atoms with Crippen molar-refractivity contribution in [3.63, 3.8) is 0 Å². The minimum absolute atomic E-state index is 0.428. The van der Waals surface area contributed by atoms with Crippen LogP contribution in [0.4, 0.5) is 0 Å². The summed E-state index contributed by atoms with van der Waals surface area (Å²) >= 11 is 0. The van der Waals surface area contributed by atoms with Crippen LogP contribution in [-0.2, 0) is 9.47 Å². The minimum Gasteiger partial charge on any atom is -0.379 e. The van der Waals surface area contributed by atoms with E-state index in [2.05, 4.69) is 12.4 Å². The Bertz CT molecular complexity index is 237. The maximum absolute atomic E-state index is 6.10. The van der Waals surface area contributed by atoms with E-state index in [4.69, 9.17) is 9.47 Å². The summed E-state index contributed by atoms with van der Waals surface area (Å²) in [6.07, 6.45) is 9.91. The molecular weight excluding hydrogens is 226 g/mol. The van der Waals surface area contributed by atoms with Crippen molar-refractivity contribution >= 4 is 0 Å². The first-order chi connectivity index (χ1) is 8.83. The lowest BCUT2D eigenvalue weighted by molar-refractivity contribution is -0.149. The molecule has 0 aliphatic heterocycles. The highest BCUT2D eigenvalue weighted by Gasteiger charge is 2.54. The summed E-state index contributed by atoms with van der Waals surface area (Å²) in [5.74, 6) is 0. The van der Waals surface area contributed by atoms with Crippen LogP contribution in [0, 0.1) is 5.41 Å². The van der Waals surface area contributed by atoms with Gasteiger partial charge in [0.2, 0.25) is 0 Å². The van der Waals surface area contributed by atoms with E-state index in [0.29, 0.717) is 17.6 Å². The van der Waals surface area contributed by atoms with Gasteiger partial charge < -0.3 is 14.8 Å². The lowest BCUT2D eigenvalue weighted by Crippen LogP contribution is -2.63. The van der Waals surface area contributed by atoms with Crippen molar-refractivity contribution in [2.45, 2.75) is 64.0 Å². The van der Waals surface area contributed by atoms with Gasteiger partial charge in [-0.3, -0.25) is 0 Å². The van der Waals surface area contributed by atoms with Gasteiger partial charge in [-0.25, -0.2) is 0 Å². The topological polar surface area (TPSA) is 30.5 Å². The van der Waals surface area contributed by atoms with Gasteiger partial charge in [-0.15, -0.1) is 0 Å². The minimum atomic E-state index is 0.428. The Balaban J connectivity index is 1.86. The van der Waals surface area contributed by atoms with Gasteiger partial charge in [-0.05, 0) is 33.2 Å². The average Bonchev–Trinajstić information content (AvgIpc) is 2.64. The van der Waals surface area contributed by atoms with Crippen LogP contribution in [0.3, 0.4) is 0 Å². The molecule has 0 aromatic rings. The van der Waals surface area contributed by atoms with Gasteiger partial charge in [0.05, 0.1) is 19.3 Å². The summed E-state index contributed by atoms with van der Waals surface area (Å²) in [6, 6.07) is 0.674. The molecule has 2 atom stereocenters. The average molecular weight is 255 g/mol. The first-order valence-electron chi connectivity index (χ1n) is 7.70. The first-order valence-corrected chi connectivity index (χ1v) is 7.70. The Morgan fingerprint density at radius 3 is 2.44 bits per heavy atom. The van der Waals surface area contributed by atoms with Crippen LogP contribution in [-0.4, -0.2) is 39.0 Å². The molecule has 0 heterocycles. The molecule has 18 heavy (non-hydrogen) atoms. The second-order valence-corrected chi connectivity index (χ2v) is 5.78. The van der Waals surface area contributed by atoms with E-state index in [9.17, 15) is 0 Å². The van der Waals surface area contributed by atoms with E-state index >= 15 is 0 Å². The molecule has 3 nitrogen and oxygen atoms in total. The van der Waals surface area contributed by atoms with E-state index in [1.807, 2.05) is 6.92 Å². The summed E-state index contributed by atoms with van der Waals surface area (Å²) in [4.78, 5) is 0. The molecule has 2 aliphatic rings. The fourth-order valence-electron chi connectivity index (χ4n) is 3.84. The maximum atomic E-state index is 6.10. The zero-order chi connectivity index (χ0) is 12.8. The van der Waals surface area contributed by atoms with Crippen molar-refractivity contribution in [3.05, 3.63) is 0 Å². The van der Waals surface area contributed by atoms with Crippen molar-refractivity contribution in [2.24, 2.45) is 5.41 Å². The molecule has 2 aliphatic carbocycles. The lowest BCUT2D eigenvalue weighted by Gasteiger charge is -2.56. The third kappa shape index (κ3) is 2.89. The Kier molecular flexibility index (Phi) is 5.46. The van der Waals surface area contributed by atoms with Gasteiger partial charge >= 0.3 is 0 Å². The predicted octanol–water partition coefficient (Wildman–Crippen LogP) is 2.74. The normalized spacial score (nSPS) is 31.0. The van der Waals surface area contributed by atoms with Crippen molar-refractivity contribution in [1.82, 2.24) is 5.32 Å². The van der Waals surface area contributed by atoms with Gasteiger partial charge in [0, 0.05) is 18.1 Å². The summed E-state index contributed by atoms with van der Waals surface area (Å²) in [7, 11) is 2.10. The molecule has 3 heteroatoms. The van der Waals surface area contributed by atoms with Gasteiger partial charge in [-0.2, -0.15) is 0 Å². The van der Waals surface area contributed by atoms with Crippen LogP contribution >= 0.6 is 0 Å². The van der Waals surface area contributed by atoms with E-state index in [1.165, 1.54) is 44.9 Å². The molecule has 0 saturated heterocycles. The first kappa shape index (κ1) is 14.3. The molecule has 106 valence electrons. The molecule has 0 aromatic heterocycles. The molecule has 2 saturated carbocycles. The summed E-state index contributed by atoms with van der Waals surface area (Å²) < 4.78 is 11.5. The largest absolute Gasteiger partial charge is 0.379 e. The third-order valence-corrected chi connectivity index (χ3v) is 4.92. The Labute approximate surface area is 112 Å². The molecular formula is C15H29NO2. The van der Waals surface area contributed by atoms with Gasteiger partial charge in [-0.1, -0.05) is 25.7 Å². The van der Waals surface area contributed by atoms with E-state index in [-0.39, 0.29) is 0 Å². The molecule has 1 spiro atoms. The van der Waals surface area contributed by atoms with Crippen LogP contribution in [0.5, 0.6) is 0 Å². The molecule has 1 N–H and O–H groups in total. The van der Waals surface area contributed by atoms with Gasteiger partial charge in [0.1, 0.15) is 0 Å². The van der Waals surface area contributed by atoms with Crippen molar-refractivity contribution < 1.29 is 9.47 Å². The molecule has 0 bridgehead atoms. The molecule has 0 radical (unpaired) electrons. The van der Waals surface area contributed by atoms with Gasteiger partial charge in [0.15, 0.2) is 0 Å². The molecule has 0 amide bonds. The zero-order valence-electron chi connectivity index (χ0n) is 12.0. The number of ether oxygens (including phenoxy) is 2. The lowest BCUT2D eigenvalue weighted by atomic mass is 9.58. The third-order valence-electron chi connectivity index (χ3n) is 4.92. The standard InChI is InChI=1S/C15H29NO2/c1-3-17-10-11-18-14-12-13(16-2)15(14)8-6-4-5-7-9-15/h13-14,16H,3-12H2,1-2H3. The second-order valence-electron chi connectivity index (χ2n) is 5.78. The monoisotopic (exact) mass is 255 g/mol. The van der Waals surface area contributed by atoms with E-state index in [0.717, 1.165) is 19.8 Å². The predicted molar refractivity (Wildman–Crippen MR) is 73.8 cm³/mol. The zero-order valence-corrected chi connectivity index (χ0v) is 12.0. The van der Waals surface area contributed by atoms with Crippen molar-refractivity contribution in [2.75, 3.05) is 26.9 Å². The van der Waals surface area contributed by atoms with Crippen LogP contribution in [0.2, 0.25) is 0 Å². The fraction of sp³-hybridized carbons (Fsp3) is 1.00. The van der Waals surface area contributed by atoms with E-state index < -0.39 is 0 Å². The van der Waals surface area contributed by atoms with Crippen LogP contribution in [0.25, 0.3) is 0 Å². The number of hydrogen-bond donors (Lipinski definition) is 1. The molecule has 2 unspecified atom stereocenters. The Morgan fingerprint density at radius 1 is 1.11 bits per heavy atom. The maximum Gasteiger partial charge on any atom is 0.0704 e.